The first-order chi connectivity index (χ1) is 8.08. The lowest BCUT2D eigenvalue weighted by Gasteiger charge is -2.33. The van der Waals surface area contributed by atoms with E-state index in [9.17, 15) is 13.2 Å². The van der Waals surface area contributed by atoms with Crippen molar-refractivity contribution in [1.29, 1.82) is 0 Å². The standard InChI is InChI=1S/C12H15F3N2/c1-8-6-16-2-3-17(8)7-9-4-10(13)5-11(14)12(9)15/h4-5,8,16H,2-3,6-7H2,1H3/t8-/m1/s1. The zero-order valence-corrected chi connectivity index (χ0v) is 9.64. The van der Waals surface area contributed by atoms with E-state index < -0.39 is 17.5 Å². The highest BCUT2D eigenvalue weighted by Crippen LogP contribution is 2.17. The molecule has 1 heterocycles. The molecule has 0 amide bonds. The molecule has 0 radical (unpaired) electrons. The van der Waals surface area contributed by atoms with Crippen molar-refractivity contribution in [3.05, 3.63) is 35.1 Å². The van der Waals surface area contributed by atoms with Gasteiger partial charge in [-0.2, -0.15) is 0 Å². The van der Waals surface area contributed by atoms with Crippen molar-refractivity contribution in [3.63, 3.8) is 0 Å². The molecule has 0 bridgehead atoms. The van der Waals surface area contributed by atoms with Gasteiger partial charge in [-0.25, -0.2) is 13.2 Å². The van der Waals surface area contributed by atoms with E-state index in [1.54, 1.807) is 0 Å². The first-order valence-electron chi connectivity index (χ1n) is 5.66. The van der Waals surface area contributed by atoms with Crippen molar-refractivity contribution in [2.75, 3.05) is 19.6 Å². The Balaban J connectivity index is 2.17. The van der Waals surface area contributed by atoms with Gasteiger partial charge in [-0.05, 0) is 13.0 Å². The average Bonchev–Trinajstić information content (AvgIpc) is 2.28. The van der Waals surface area contributed by atoms with E-state index in [0.29, 0.717) is 6.07 Å². The maximum atomic E-state index is 13.5. The maximum absolute atomic E-state index is 13.5. The summed E-state index contributed by atoms with van der Waals surface area (Å²) in [5.41, 5.74) is 0.0799. The predicted octanol–water partition coefficient (Wildman–Crippen LogP) is 1.90. The van der Waals surface area contributed by atoms with Crippen LogP contribution in [0.1, 0.15) is 12.5 Å². The fourth-order valence-electron chi connectivity index (χ4n) is 2.06. The Morgan fingerprint density at radius 2 is 2.12 bits per heavy atom. The van der Waals surface area contributed by atoms with E-state index in [1.165, 1.54) is 0 Å². The summed E-state index contributed by atoms with van der Waals surface area (Å²) < 4.78 is 39.5. The molecule has 2 rings (SSSR count). The van der Waals surface area contributed by atoms with Crippen molar-refractivity contribution in [2.24, 2.45) is 0 Å². The lowest BCUT2D eigenvalue weighted by molar-refractivity contribution is 0.163. The van der Waals surface area contributed by atoms with Crippen LogP contribution in [0.15, 0.2) is 12.1 Å². The zero-order chi connectivity index (χ0) is 12.4. The monoisotopic (exact) mass is 244 g/mol. The maximum Gasteiger partial charge on any atom is 0.163 e. The number of hydrogen-bond acceptors (Lipinski definition) is 2. The topological polar surface area (TPSA) is 15.3 Å². The van der Waals surface area contributed by atoms with Crippen LogP contribution in [0.25, 0.3) is 0 Å². The van der Waals surface area contributed by atoms with Crippen LogP contribution in [-0.4, -0.2) is 30.6 Å². The van der Waals surface area contributed by atoms with E-state index in [-0.39, 0.29) is 18.2 Å². The van der Waals surface area contributed by atoms with Crippen molar-refractivity contribution in [2.45, 2.75) is 19.5 Å². The summed E-state index contributed by atoms with van der Waals surface area (Å²) in [6.45, 7) is 4.60. The van der Waals surface area contributed by atoms with Gasteiger partial charge < -0.3 is 5.32 Å². The molecule has 0 aliphatic carbocycles. The number of benzene rings is 1. The molecule has 1 aliphatic heterocycles. The number of hydrogen-bond donors (Lipinski definition) is 1. The molecule has 94 valence electrons. The summed E-state index contributed by atoms with van der Waals surface area (Å²) in [6, 6.07) is 1.86. The Morgan fingerprint density at radius 1 is 1.35 bits per heavy atom. The Kier molecular flexibility index (Phi) is 3.69. The van der Waals surface area contributed by atoms with Gasteiger partial charge in [0.25, 0.3) is 0 Å². The van der Waals surface area contributed by atoms with Crippen LogP contribution in [-0.2, 0) is 6.54 Å². The second kappa shape index (κ2) is 5.06. The lowest BCUT2D eigenvalue weighted by Crippen LogP contribution is -2.49. The van der Waals surface area contributed by atoms with Crippen LogP contribution in [0.2, 0.25) is 0 Å². The quantitative estimate of drug-likeness (QED) is 0.799. The normalized spacial score (nSPS) is 21.8. The number of halogens is 3. The summed E-state index contributed by atoms with van der Waals surface area (Å²) in [6.07, 6.45) is 0. The van der Waals surface area contributed by atoms with Crippen LogP contribution in [0.4, 0.5) is 13.2 Å². The first-order valence-corrected chi connectivity index (χ1v) is 5.66. The molecule has 2 nitrogen and oxygen atoms in total. The van der Waals surface area contributed by atoms with Gasteiger partial charge in [-0.15, -0.1) is 0 Å². The number of piperazine rings is 1. The third kappa shape index (κ3) is 2.79. The molecular formula is C12H15F3N2. The van der Waals surface area contributed by atoms with Crippen LogP contribution >= 0.6 is 0 Å². The highest BCUT2D eigenvalue weighted by atomic mass is 19.2. The van der Waals surface area contributed by atoms with E-state index in [0.717, 1.165) is 25.7 Å². The molecule has 5 heteroatoms. The summed E-state index contributed by atoms with van der Waals surface area (Å²) in [7, 11) is 0. The van der Waals surface area contributed by atoms with E-state index >= 15 is 0 Å². The van der Waals surface area contributed by atoms with Gasteiger partial charge in [0.15, 0.2) is 11.6 Å². The number of nitrogens with one attached hydrogen (secondary N) is 1. The predicted molar refractivity (Wildman–Crippen MR) is 59.1 cm³/mol. The van der Waals surface area contributed by atoms with Crippen molar-refractivity contribution >= 4 is 0 Å². The fraction of sp³-hybridized carbons (Fsp3) is 0.500. The Bertz CT molecular complexity index is 409. The second-order valence-electron chi connectivity index (χ2n) is 4.38. The third-order valence-electron chi connectivity index (χ3n) is 3.08. The third-order valence-corrected chi connectivity index (χ3v) is 3.08. The Hall–Kier alpha value is -1.07. The second-order valence-corrected chi connectivity index (χ2v) is 4.38. The SMILES string of the molecule is C[C@@H]1CNCCN1Cc1cc(F)cc(F)c1F. The molecule has 1 aliphatic rings. The van der Waals surface area contributed by atoms with Crippen LogP contribution in [0.5, 0.6) is 0 Å². The van der Waals surface area contributed by atoms with Gasteiger partial charge >= 0.3 is 0 Å². The molecule has 0 unspecified atom stereocenters. The summed E-state index contributed by atoms with van der Waals surface area (Å²) >= 11 is 0. The largest absolute Gasteiger partial charge is 0.314 e. The molecule has 1 fully saturated rings. The Labute approximate surface area is 98.4 Å². The molecule has 0 spiro atoms. The van der Waals surface area contributed by atoms with E-state index in [2.05, 4.69) is 5.32 Å². The average molecular weight is 244 g/mol. The molecule has 1 saturated heterocycles. The van der Waals surface area contributed by atoms with Crippen LogP contribution in [0.3, 0.4) is 0 Å². The van der Waals surface area contributed by atoms with E-state index in [4.69, 9.17) is 0 Å². The van der Waals surface area contributed by atoms with Gasteiger partial charge in [0.05, 0.1) is 0 Å². The van der Waals surface area contributed by atoms with Gasteiger partial charge in [-0.1, -0.05) is 0 Å². The highest BCUT2D eigenvalue weighted by Gasteiger charge is 2.20. The minimum absolute atomic E-state index is 0.0799. The zero-order valence-electron chi connectivity index (χ0n) is 9.64. The summed E-state index contributed by atoms with van der Waals surface area (Å²) in [5, 5.41) is 3.20. The molecule has 0 aromatic heterocycles. The summed E-state index contributed by atoms with van der Waals surface area (Å²) in [4.78, 5) is 2.01. The molecule has 1 N–H and O–H groups in total. The molecular weight excluding hydrogens is 229 g/mol. The van der Waals surface area contributed by atoms with E-state index in [1.807, 2.05) is 11.8 Å². The van der Waals surface area contributed by atoms with Gasteiger partial charge in [0.2, 0.25) is 0 Å². The summed E-state index contributed by atoms with van der Waals surface area (Å²) in [5.74, 6) is -2.80. The Morgan fingerprint density at radius 3 is 2.82 bits per heavy atom. The lowest BCUT2D eigenvalue weighted by atomic mass is 10.1. The number of rotatable bonds is 2. The fourth-order valence-corrected chi connectivity index (χ4v) is 2.06. The highest BCUT2D eigenvalue weighted by molar-refractivity contribution is 5.20. The van der Waals surface area contributed by atoms with Crippen LogP contribution in [0, 0.1) is 17.5 Å². The minimum Gasteiger partial charge on any atom is -0.314 e. The van der Waals surface area contributed by atoms with Gasteiger partial charge in [0.1, 0.15) is 5.82 Å². The number of nitrogens with zero attached hydrogens (tertiary/aromatic N) is 1. The molecule has 1 atom stereocenters. The molecule has 1 aromatic carbocycles. The van der Waals surface area contributed by atoms with Crippen molar-refractivity contribution in [1.82, 2.24) is 10.2 Å². The van der Waals surface area contributed by atoms with Crippen molar-refractivity contribution < 1.29 is 13.2 Å². The molecule has 17 heavy (non-hydrogen) atoms. The first kappa shape index (κ1) is 12.4. The molecule has 0 saturated carbocycles. The van der Waals surface area contributed by atoms with Crippen molar-refractivity contribution in [3.8, 4) is 0 Å². The van der Waals surface area contributed by atoms with Gasteiger partial charge in [-0.3, -0.25) is 4.90 Å². The smallest absolute Gasteiger partial charge is 0.163 e. The molecule has 1 aromatic rings. The van der Waals surface area contributed by atoms with Crippen LogP contribution < -0.4 is 5.32 Å². The van der Waals surface area contributed by atoms with Gasteiger partial charge in [0, 0.05) is 43.9 Å². The minimum atomic E-state index is -1.12.